The first kappa shape index (κ1) is 61.0. The molecule has 4 aromatic rings. The van der Waals surface area contributed by atoms with Crippen molar-refractivity contribution in [3.8, 4) is 0 Å². The molecular weight excluding hydrogens is 1110 g/mol. The van der Waals surface area contributed by atoms with E-state index in [1.807, 2.05) is 102 Å². The molecule has 4 heterocycles. The third-order valence-electron chi connectivity index (χ3n) is 15.5. The molecule has 4 aromatic carbocycles. The average Bonchev–Trinajstić information content (AvgIpc) is 1.87. The van der Waals surface area contributed by atoms with Crippen molar-refractivity contribution < 1.29 is 71.2 Å². The largest absolute Gasteiger partial charge is 0.477 e. The lowest BCUT2D eigenvalue weighted by Crippen LogP contribution is -2.32. The Morgan fingerprint density at radius 2 is 1.29 bits per heavy atom. The zero-order chi connectivity index (χ0) is 61.4. The number of amides is 1. The second kappa shape index (κ2) is 23.3. The van der Waals surface area contributed by atoms with Gasteiger partial charge >= 0.3 is 29.5 Å². The highest BCUT2D eigenvalue weighted by Gasteiger charge is 2.50. The van der Waals surface area contributed by atoms with Crippen molar-refractivity contribution in [3.63, 3.8) is 0 Å². The number of anilines is 2. The Labute approximate surface area is 490 Å². The van der Waals surface area contributed by atoms with Gasteiger partial charge in [0, 0.05) is 69.1 Å². The summed E-state index contributed by atoms with van der Waals surface area (Å²) in [6.45, 7) is 26.2. The van der Waals surface area contributed by atoms with Gasteiger partial charge in [-0.3, -0.25) is 14.2 Å². The van der Waals surface area contributed by atoms with Gasteiger partial charge in [-0.1, -0.05) is 99.3 Å². The summed E-state index contributed by atoms with van der Waals surface area (Å²) in [5.41, 5.74) is 15.1. The summed E-state index contributed by atoms with van der Waals surface area (Å²) in [7, 11) is -4.60. The highest BCUT2D eigenvalue weighted by molar-refractivity contribution is 7.94. The van der Waals surface area contributed by atoms with E-state index in [9.17, 15) is 47.5 Å². The molecular formula is C64H61N5O13S2+2. The number of allylic oxidation sites excluding steroid dienone is 10. The van der Waals surface area contributed by atoms with Crippen LogP contribution in [-0.4, -0.2) is 84.5 Å². The van der Waals surface area contributed by atoms with Gasteiger partial charge < -0.3 is 25.5 Å². The number of carboxylic acid groups (broad SMARTS) is 3. The lowest BCUT2D eigenvalue weighted by Gasteiger charge is -2.26. The summed E-state index contributed by atoms with van der Waals surface area (Å²) in [5.74, 6) is -4.15. The molecule has 0 aromatic heterocycles. The smallest absolute Gasteiger partial charge is 0.370 e. The van der Waals surface area contributed by atoms with Crippen LogP contribution in [-0.2, 0) is 66.9 Å². The van der Waals surface area contributed by atoms with Gasteiger partial charge in [-0.25, -0.2) is 19.6 Å². The number of nitrogens with one attached hydrogen (secondary N) is 1. The third kappa shape index (κ3) is 11.0. The quantitative estimate of drug-likeness (QED) is 0.00747. The van der Waals surface area contributed by atoms with Crippen LogP contribution in [0.2, 0.25) is 0 Å². The van der Waals surface area contributed by atoms with E-state index in [0.29, 0.717) is 61.6 Å². The van der Waals surface area contributed by atoms with Gasteiger partial charge in [-0.15, -0.1) is 8.91 Å². The Morgan fingerprint density at radius 1 is 0.679 bits per heavy atom. The van der Waals surface area contributed by atoms with Crippen LogP contribution in [0, 0.1) is 0 Å². The van der Waals surface area contributed by atoms with Crippen LogP contribution in [0.25, 0.3) is 0 Å². The third-order valence-corrected chi connectivity index (χ3v) is 16.9. The average molecular weight is 1170 g/mol. The summed E-state index contributed by atoms with van der Waals surface area (Å²) in [5, 5.41) is 46.5. The van der Waals surface area contributed by atoms with Crippen LogP contribution in [0.3, 0.4) is 0 Å². The monoisotopic (exact) mass is 1170 g/mol. The molecule has 1 amide bonds. The highest BCUT2D eigenvalue weighted by Crippen LogP contribution is 2.52. The first-order valence-electron chi connectivity index (χ1n) is 26.0. The van der Waals surface area contributed by atoms with Crippen molar-refractivity contribution in [2.45, 2.75) is 93.4 Å². The second-order valence-corrected chi connectivity index (χ2v) is 24.1. The van der Waals surface area contributed by atoms with Crippen molar-refractivity contribution in [1.29, 1.82) is 0 Å². The minimum absolute atomic E-state index is 0.0351. The molecule has 0 aliphatic carbocycles. The number of nitrogens with zero attached hydrogens (tertiary/aromatic N) is 4. The molecule has 20 heteroatoms. The van der Waals surface area contributed by atoms with E-state index in [-0.39, 0.29) is 35.1 Å². The Bertz CT molecular complexity index is 4090. The lowest BCUT2D eigenvalue weighted by atomic mass is 9.80. The molecule has 430 valence electrons. The zero-order valence-corrected chi connectivity index (χ0v) is 48.9. The number of benzene rings is 4. The van der Waals surface area contributed by atoms with E-state index in [4.69, 9.17) is 9.59 Å². The van der Waals surface area contributed by atoms with E-state index >= 15 is 0 Å². The number of carbonyl (C=O) groups is 4. The molecule has 8 rings (SSSR count). The predicted molar refractivity (Wildman–Crippen MR) is 318 cm³/mol. The van der Waals surface area contributed by atoms with Gasteiger partial charge in [0.25, 0.3) is 10.1 Å². The fraction of sp³-hybridized carbons (Fsp3) is 0.219. The Kier molecular flexibility index (Phi) is 16.9. The van der Waals surface area contributed by atoms with Crippen molar-refractivity contribution in [3.05, 3.63) is 226 Å². The number of hydrogen-bond donors (Lipinski definition) is 6. The van der Waals surface area contributed by atoms with Gasteiger partial charge in [0.05, 0.1) is 39.1 Å². The van der Waals surface area contributed by atoms with Gasteiger partial charge in [0.15, 0.2) is 22.8 Å². The fourth-order valence-corrected chi connectivity index (χ4v) is 12.3. The number of hydrogen-bond acceptors (Lipinski definition) is 12. The molecule has 0 saturated carbocycles. The van der Waals surface area contributed by atoms with Crippen LogP contribution < -0.4 is 15.1 Å². The maximum atomic E-state index is 14.6. The molecule has 0 atom stereocenters. The summed E-state index contributed by atoms with van der Waals surface area (Å²) in [4.78, 5) is 55.5. The Balaban J connectivity index is 1.11. The maximum absolute atomic E-state index is 14.6. The first-order valence-corrected chi connectivity index (χ1v) is 28.2. The number of aliphatic carboxylic acids is 3. The van der Waals surface area contributed by atoms with Gasteiger partial charge in [0.2, 0.25) is 17.9 Å². The topological polar surface area (TPSA) is 247 Å². The van der Waals surface area contributed by atoms with Gasteiger partial charge in [-0.05, 0) is 124 Å². The Morgan fingerprint density at radius 3 is 1.92 bits per heavy atom. The normalized spacial score (nSPS) is 17.7. The summed E-state index contributed by atoms with van der Waals surface area (Å²) in [6.07, 6.45) is 14.0. The molecule has 0 fully saturated rings. The number of carbonyl (C=O) groups excluding carboxylic acids is 1. The van der Waals surface area contributed by atoms with E-state index in [0.717, 1.165) is 28.7 Å². The SMILES string of the molecule is C=C=C=C(C(=O)O)N1/C(=C/C=C/C2=[N+](CC(=O)O)c3ccc(CNC(=O)C(=C=C)[N+]4=C(/C=C/C=C/C=C5/N(C(=C=C)C(=O)O)c6ccc(S(=O)(=O)O)cc6C5(C)C)C(C)(C)c5cc(SOOO)ccc54)cc3C2(C)C)C(C)(C)c2ccccc21. The summed E-state index contributed by atoms with van der Waals surface area (Å²) in [6, 6.07) is 22.3. The number of rotatable bonds is 19. The van der Waals surface area contributed by atoms with Gasteiger partial charge in [-0.2, -0.15) is 13.0 Å². The molecule has 4 aliphatic heterocycles. The van der Waals surface area contributed by atoms with Crippen molar-refractivity contribution in [2.24, 2.45) is 0 Å². The zero-order valence-electron chi connectivity index (χ0n) is 47.3. The van der Waals surface area contributed by atoms with E-state index in [1.54, 1.807) is 76.5 Å². The van der Waals surface area contributed by atoms with E-state index in [2.05, 4.69) is 53.0 Å². The molecule has 84 heavy (non-hydrogen) atoms. The maximum Gasteiger partial charge on any atom is 0.370 e. The van der Waals surface area contributed by atoms with Crippen molar-refractivity contribution >= 4 is 80.1 Å². The van der Waals surface area contributed by atoms with E-state index < -0.39 is 55.6 Å². The molecule has 6 N–H and O–H groups in total. The number of para-hydroxylation sites is 1. The Hall–Kier alpha value is -9.12. The van der Waals surface area contributed by atoms with Crippen molar-refractivity contribution in [2.75, 3.05) is 16.3 Å². The van der Waals surface area contributed by atoms with Crippen LogP contribution in [0.1, 0.15) is 83.2 Å². The summed E-state index contributed by atoms with van der Waals surface area (Å²) < 4.78 is 42.4. The van der Waals surface area contributed by atoms with Crippen LogP contribution in [0.5, 0.6) is 0 Å². The molecule has 0 bridgehead atoms. The molecule has 0 spiro atoms. The fourth-order valence-electron chi connectivity index (χ4n) is 11.4. The second-order valence-electron chi connectivity index (χ2n) is 21.9. The molecule has 0 saturated heterocycles. The van der Waals surface area contributed by atoms with Crippen LogP contribution in [0.4, 0.5) is 22.7 Å². The minimum Gasteiger partial charge on any atom is -0.477 e. The summed E-state index contributed by atoms with van der Waals surface area (Å²) >= 11 is 0.767. The van der Waals surface area contributed by atoms with Crippen LogP contribution >= 0.6 is 12.0 Å². The number of fused-ring (bicyclic) bond motifs is 4. The standard InChI is InChI=1S/C64H59N5O13S2/c1-12-21-52(60(75)76)69-49-23-19-18-22-42(49)61(4,5)56(69)27-20-26-53-62(6,7)43-34-39(28-31-48(43)66(53)38-57(70)71)37-65-58(72)46(13-2)67-50-32-29-40(83-82-81-77)35-44(50)63(8,9)54(67)24-16-15-17-25-55-64(10,11)45-36-41(84(78,79)80)30-33-51(45)68(55)47(14-3)59(73)74/h15-20,22-36H,1-3,37-38H2,4-11H3,(H4-2,65,70,71,72,73,74,75,76,77,78,79,80)/p+2. The minimum atomic E-state index is -4.60. The molecule has 0 radical (unpaired) electrons. The number of carboxylic acids is 3. The predicted octanol–water partition coefficient (Wildman–Crippen LogP) is 10.9. The molecule has 4 aliphatic rings. The lowest BCUT2D eigenvalue weighted by molar-refractivity contribution is -0.432. The van der Waals surface area contributed by atoms with E-state index in [1.165, 1.54) is 23.1 Å². The first-order chi connectivity index (χ1) is 39.6. The molecule has 0 unspecified atom stereocenters. The molecule has 18 nitrogen and oxygen atoms in total. The van der Waals surface area contributed by atoms with Crippen molar-refractivity contribution in [1.82, 2.24) is 5.32 Å². The van der Waals surface area contributed by atoms with Crippen LogP contribution in [0.15, 0.2) is 208 Å². The van der Waals surface area contributed by atoms with Gasteiger partial charge in [0.1, 0.15) is 0 Å². The highest BCUT2D eigenvalue weighted by atomic mass is 32.2.